The zero-order valence-electron chi connectivity index (χ0n) is 10.6. The first kappa shape index (κ1) is 11.9. The van der Waals surface area contributed by atoms with Gasteiger partial charge in [-0.15, -0.1) is 0 Å². The van der Waals surface area contributed by atoms with Gasteiger partial charge in [0, 0.05) is 31.9 Å². The minimum Gasteiger partial charge on any atom is -0.369 e. The summed E-state index contributed by atoms with van der Waals surface area (Å²) < 4.78 is 0. The van der Waals surface area contributed by atoms with Gasteiger partial charge in [0.15, 0.2) is 0 Å². The molecular weight excluding hydrogens is 210 g/mol. The van der Waals surface area contributed by atoms with E-state index >= 15 is 0 Å². The van der Waals surface area contributed by atoms with Crippen LogP contribution >= 0.6 is 0 Å². The number of hydrogen-bond acceptors (Lipinski definition) is 3. The fourth-order valence-electron chi connectivity index (χ4n) is 2.29. The van der Waals surface area contributed by atoms with Crippen LogP contribution in [0.4, 0.5) is 5.69 Å². The van der Waals surface area contributed by atoms with Crippen molar-refractivity contribution >= 4 is 5.69 Å². The lowest BCUT2D eigenvalue weighted by Crippen LogP contribution is -2.46. The van der Waals surface area contributed by atoms with Gasteiger partial charge in [0.1, 0.15) is 0 Å². The summed E-state index contributed by atoms with van der Waals surface area (Å²) in [6, 6.07) is 8.33. The number of benzene rings is 1. The Morgan fingerprint density at radius 3 is 2.47 bits per heavy atom. The number of aryl methyl sites for hydroxylation is 1. The maximum Gasteiger partial charge on any atom is 0.0994 e. The van der Waals surface area contributed by atoms with Crippen molar-refractivity contribution in [3.63, 3.8) is 0 Å². The SMILES string of the molecule is CCN1CCN(c2ccc(C#N)c(C)c2)CC1. The first-order valence-corrected chi connectivity index (χ1v) is 6.22. The van der Waals surface area contributed by atoms with Crippen molar-refractivity contribution in [3.05, 3.63) is 29.3 Å². The second-order valence-corrected chi connectivity index (χ2v) is 4.53. The van der Waals surface area contributed by atoms with Crippen molar-refractivity contribution in [2.24, 2.45) is 0 Å². The standard InChI is InChI=1S/C14H19N3/c1-3-16-6-8-17(9-7-16)14-5-4-13(11-15)12(2)10-14/h4-5,10H,3,6-9H2,1-2H3. The number of likely N-dealkylation sites (N-methyl/N-ethyl adjacent to an activating group) is 1. The highest BCUT2D eigenvalue weighted by Gasteiger charge is 2.16. The van der Waals surface area contributed by atoms with E-state index in [9.17, 15) is 0 Å². The van der Waals surface area contributed by atoms with Crippen LogP contribution in [-0.2, 0) is 0 Å². The lowest BCUT2D eigenvalue weighted by molar-refractivity contribution is 0.271. The van der Waals surface area contributed by atoms with E-state index in [2.05, 4.69) is 34.9 Å². The summed E-state index contributed by atoms with van der Waals surface area (Å²) in [6.45, 7) is 9.79. The van der Waals surface area contributed by atoms with Crippen molar-refractivity contribution in [1.29, 1.82) is 5.26 Å². The zero-order valence-corrected chi connectivity index (χ0v) is 10.6. The molecule has 3 nitrogen and oxygen atoms in total. The molecule has 1 aromatic carbocycles. The van der Waals surface area contributed by atoms with E-state index in [0.717, 1.165) is 43.9 Å². The molecule has 0 aliphatic carbocycles. The van der Waals surface area contributed by atoms with E-state index in [0.29, 0.717) is 0 Å². The van der Waals surface area contributed by atoms with E-state index in [1.165, 1.54) is 5.69 Å². The van der Waals surface area contributed by atoms with Crippen molar-refractivity contribution < 1.29 is 0 Å². The predicted octanol–water partition coefficient (Wildman–Crippen LogP) is 2.01. The van der Waals surface area contributed by atoms with Gasteiger partial charge in [0.05, 0.1) is 11.6 Å². The summed E-state index contributed by atoms with van der Waals surface area (Å²) in [5.41, 5.74) is 3.10. The molecule has 0 amide bonds. The van der Waals surface area contributed by atoms with Crippen LogP contribution in [0.3, 0.4) is 0 Å². The van der Waals surface area contributed by atoms with Crippen molar-refractivity contribution in [3.8, 4) is 6.07 Å². The Bertz CT molecular complexity index is 426. The third-order valence-corrected chi connectivity index (χ3v) is 3.52. The molecule has 3 heteroatoms. The molecule has 0 radical (unpaired) electrons. The van der Waals surface area contributed by atoms with Crippen LogP contribution in [-0.4, -0.2) is 37.6 Å². The van der Waals surface area contributed by atoms with Gasteiger partial charge in [-0.25, -0.2) is 0 Å². The number of hydrogen-bond donors (Lipinski definition) is 0. The van der Waals surface area contributed by atoms with Gasteiger partial charge >= 0.3 is 0 Å². The fourth-order valence-corrected chi connectivity index (χ4v) is 2.29. The number of nitriles is 1. The van der Waals surface area contributed by atoms with Crippen LogP contribution < -0.4 is 4.90 Å². The van der Waals surface area contributed by atoms with Gasteiger partial charge in [-0.2, -0.15) is 5.26 Å². The van der Waals surface area contributed by atoms with Crippen LogP contribution in [0.25, 0.3) is 0 Å². The summed E-state index contributed by atoms with van der Waals surface area (Å²) >= 11 is 0. The van der Waals surface area contributed by atoms with Gasteiger partial charge in [0.2, 0.25) is 0 Å². The molecule has 90 valence electrons. The van der Waals surface area contributed by atoms with Gasteiger partial charge < -0.3 is 9.80 Å². The molecule has 1 saturated heterocycles. The largest absolute Gasteiger partial charge is 0.369 e. The number of nitrogens with zero attached hydrogens (tertiary/aromatic N) is 3. The molecule has 0 spiro atoms. The van der Waals surface area contributed by atoms with Crippen LogP contribution in [0.15, 0.2) is 18.2 Å². The number of rotatable bonds is 2. The lowest BCUT2D eigenvalue weighted by atomic mass is 10.1. The molecular formula is C14H19N3. The average molecular weight is 229 g/mol. The van der Waals surface area contributed by atoms with Crippen LogP contribution in [0.1, 0.15) is 18.1 Å². The Hall–Kier alpha value is -1.53. The summed E-state index contributed by atoms with van der Waals surface area (Å²) in [7, 11) is 0. The molecule has 1 aliphatic rings. The van der Waals surface area contributed by atoms with E-state index in [1.54, 1.807) is 0 Å². The van der Waals surface area contributed by atoms with Gasteiger partial charge in [0.25, 0.3) is 0 Å². The van der Waals surface area contributed by atoms with E-state index in [-0.39, 0.29) is 0 Å². The summed E-state index contributed by atoms with van der Waals surface area (Å²) in [5.74, 6) is 0. The van der Waals surface area contributed by atoms with Gasteiger partial charge in [-0.1, -0.05) is 6.92 Å². The van der Waals surface area contributed by atoms with Crippen molar-refractivity contribution in [1.82, 2.24) is 4.90 Å². The quantitative estimate of drug-likeness (QED) is 0.777. The number of anilines is 1. The Kier molecular flexibility index (Phi) is 3.65. The second-order valence-electron chi connectivity index (χ2n) is 4.53. The van der Waals surface area contributed by atoms with Crippen molar-refractivity contribution in [2.75, 3.05) is 37.6 Å². The molecule has 0 atom stereocenters. The Labute approximate surface area is 103 Å². The highest BCUT2D eigenvalue weighted by atomic mass is 15.3. The summed E-state index contributed by atoms with van der Waals surface area (Å²) in [6.07, 6.45) is 0. The molecule has 1 aliphatic heterocycles. The molecule has 0 aromatic heterocycles. The van der Waals surface area contributed by atoms with Crippen LogP contribution in [0, 0.1) is 18.3 Å². The second kappa shape index (κ2) is 5.20. The molecule has 0 saturated carbocycles. The maximum atomic E-state index is 8.92. The Morgan fingerprint density at radius 2 is 1.94 bits per heavy atom. The first-order valence-electron chi connectivity index (χ1n) is 6.22. The summed E-state index contributed by atoms with van der Waals surface area (Å²) in [5, 5.41) is 8.92. The smallest absolute Gasteiger partial charge is 0.0994 e. The zero-order chi connectivity index (χ0) is 12.3. The molecule has 0 N–H and O–H groups in total. The highest BCUT2D eigenvalue weighted by molar-refractivity contribution is 5.53. The van der Waals surface area contributed by atoms with E-state index in [1.807, 2.05) is 13.0 Å². The van der Waals surface area contributed by atoms with Crippen molar-refractivity contribution in [2.45, 2.75) is 13.8 Å². The Morgan fingerprint density at radius 1 is 1.24 bits per heavy atom. The number of piperazine rings is 1. The minimum atomic E-state index is 0.779. The lowest BCUT2D eigenvalue weighted by Gasteiger charge is -2.35. The van der Waals surface area contributed by atoms with E-state index < -0.39 is 0 Å². The molecule has 0 bridgehead atoms. The molecule has 1 heterocycles. The maximum absolute atomic E-state index is 8.92. The first-order chi connectivity index (χ1) is 8.24. The Balaban J connectivity index is 2.09. The molecule has 1 aromatic rings. The molecule has 17 heavy (non-hydrogen) atoms. The summed E-state index contributed by atoms with van der Waals surface area (Å²) in [4.78, 5) is 4.87. The fraction of sp³-hybridized carbons (Fsp3) is 0.500. The predicted molar refractivity (Wildman–Crippen MR) is 70.2 cm³/mol. The molecule has 2 rings (SSSR count). The topological polar surface area (TPSA) is 30.3 Å². The van der Waals surface area contributed by atoms with Gasteiger partial charge in [-0.05, 0) is 37.2 Å². The normalized spacial score (nSPS) is 16.9. The average Bonchev–Trinajstić information content (AvgIpc) is 2.39. The van der Waals surface area contributed by atoms with Crippen LogP contribution in [0.2, 0.25) is 0 Å². The van der Waals surface area contributed by atoms with Gasteiger partial charge in [-0.3, -0.25) is 0 Å². The van der Waals surface area contributed by atoms with Crippen LogP contribution in [0.5, 0.6) is 0 Å². The monoisotopic (exact) mass is 229 g/mol. The molecule has 1 fully saturated rings. The highest BCUT2D eigenvalue weighted by Crippen LogP contribution is 2.20. The minimum absolute atomic E-state index is 0.779. The molecule has 0 unspecified atom stereocenters. The third-order valence-electron chi connectivity index (χ3n) is 3.52. The third kappa shape index (κ3) is 2.59. The van der Waals surface area contributed by atoms with E-state index in [4.69, 9.17) is 5.26 Å².